The molecule has 24 heavy (non-hydrogen) atoms. The molecule has 128 valence electrons. The molecule has 0 aliphatic carbocycles. The molecule has 0 saturated carbocycles. The Labute approximate surface area is 137 Å². The zero-order chi connectivity index (χ0) is 17.3. The van der Waals surface area contributed by atoms with Crippen LogP contribution in [0.5, 0.6) is 0 Å². The standard InChI is InChI=1S/C17H18F3N3O/c1-12-21-5-6-22(12)9-14-10-23(11-14)16(24)8-13-3-2-4-15(7-13)17(18,19)20/h2-7,14H,8-11H2,1H3. The number of nitrogens with zero attached hydrogens (tertiary/aromatic N) is 3. The number of aromatic nitrogens is 2. The van der Waals surface area contributed by atoms with Crippen molar-refractivity contribution < 1.29 is 18.0 Å². The highest BCUT2D eigenvalue weighted by Crippen LogP contribution is 2.30. The molecular weight excluding hydrogens is 319 g/mol. The number of halogens is 3. The topological polar surface area (TPSA) is 38.1 Å². The van der Waals surface area contributed by atoms with Gasteiger partial charge in [0.25, 0.3) is 0 Å². The number of benzene rings is 1. The summed E-state index contributed by atoms with van der Waals surface area (Å²) in [7, 11) is 0. The first-order chi connectivity index (χ1) is 11.3. The number of rotatable bonds is 4. The molecule has 1 aliphatic rings. The zero-order valence-electron chi connectivity index (χ0n) is 13.3. The molecule has 7 heteroatoms. The highest BCUT2D eigenvalue weighted by atomic mass is 19.4. The fourth-order valence-electron chi connectivity index (χ4n) is 2.91. The summed E-state index contributed by atoms with van der Waals surface area (Å²) in [5.41, 5.74) is -0.325. The van der Waals surface area contributed by atoms with Gasteiger partial charge in [-0.25, -0.2) is 4.98 Å². The molecule has 0 radical (unpaired) electrons. The van der Waals surface area contributed by atoms with E-state index in [-0.39, 0.29) is 12.3 Å². The largest absolute Gasteiger partial charge is 0.416 e. The zero-order valence-corrected chi connectivity index (χ0v) is 13.3. The molecule has 1 aromatic heterocycles. The van der Waals surface area contributed by atoms with E-state index < -0.39 is 11.7 Å². The van der Waals surface area contributed by atoms with Gasteiger partial charge in [0.05, 0.1) is 12.0 Å². The fraction of sp³-hybridized carbons (Fsp3) is 0.412. The SMILES string of the molecule is Cc1nccn1CC1CN(C(=O)Cc2cccc(C(F)(F)F)c2)C1. The van der Waals surface area contributed by atoms with E-state index in [1.54, 1.807) is 17.2 Å². The summed E-state index contributed by atoms with van der Waals surface area (Å²) in [6.07, 6.45) is -0.739. The minimum Gasteiger partial charge on any atom is -0.342 e. The lowest BCUT2D eigenvalue weighted by molar-refractivity contribution is -0.139. The van der Waals surface area contributed by atoms with Gasteiger partial charge in [-0.05, 0) is 18.6 Å². The first-order valence-corrected chi connectivity index (χ1v) is 7.74. The van der Waals surface area contributed by atoms with Gasteiger partial charge >= 0.3 is 6.18 Å². The third kappa shape index (κ3) is 3.60. The molecule has 1 saturated heterocycles. The van der Waals surface area contributed by atoms with Crippen LogP contribution in [0.1, 0.15) is 17.0 Å². The van der Waals surface area contributed by atoms with Gasteiger partial charge in [-0.1, -0.05) is 18.2 Å². The van der Waals surface area contributed by atoms with Crippen LogP contribution in [0.15, 0.2) is 36.7 Å². The molecule has 2 heterocycles. The van der Waals surface area contributed by atoms with E-state index in [1.165, 1.54) is 6.07 Å². The lowest BCUT2D eigenvalue weighted by Gasteiger charge is -2.39. The minimum absolute atomic E-state index is 0.000737. The lowest BCUT2D eigenvalue weighted by Crippen LogP contribution is -2.51. The monoisotopic (exact) mass is 337 g/mol. The van der Waals surface area contributed by atoms with Crippen molar-refractivity contribution in [3.05, 3.63) is 53.6 Å². The van der Waals surface area contributed by atoms with Gasteiger partial charge in [0, 0.05) is 37.9 Å². The van der Waals surface area contributed by atoms with Crippen molar-refractivity contribution in [3.63, 3.8) is 0 Å². The number of aryl methyl sites for hydroxylation is 1. The second-order valence-corrected chi connectivity index (χ2v) is 6.17. The molecule has 1 fully saturated rings. The number of hydrogen-bond acceptors (Lipinski definition) is 2. The van der Waals surface area contributed by atoms with Crippen LogP contribution in [0, 0.1) is 12.8 Å². The van der Waals surface area contributed by atoms with Gasteiger partial charge in [0.15, 0.2) is 0 Å². The van der Waals surface area contributed by atoms with Crippen molar-refractivity contribution in [1.82, 2.24) is 14.5 Å². The van der Waals surface area contributed by atoms with Gasteiger partial charge < -0.3 is 9.47 Å². The molecule has 0 N–H and O–H groups in total. The van der Waals surface area contributed by atoms with Crippen LogP contribution >= 0.6 is 0 Å². The number of likely N-dealkylation sites (tertiary alicyclic amines) is 1. The first-order valence-electron chi connectivity index (χ1n) is 7.74. The summed E-state index contributed by atoms with van der Waals surface area (Å²) in [5, 5.41) is 0. The first kappa shape index (κ1) is 16.5. The van der Waals surface area contributed by atoms with Crippen molar-refractivity contribution in [2.24, 2.45) is 5.92 Å². The van der Waals surface area contributed by atoms with Gasteiger partial charge in [-0.2, -0.15) is 13.2 Å². The van der Waals surface area contributed by atoms with Gasteiger partial charge in [-0.15, -0.1) is 0 Å². The van der Waals surface area contributed by atoms with Crippen molar-refractivity contribution in [1.29, 1.82) is 0 Å². The van der Waals surface area contributed by atoms with Crippen molar-refractivity contribution in [2.45, 2.75) is 26.1 Å². The van der Waals surface area contributed by atoms with Crippen LogP contribution in [-0.2, 0) is 23.9 Å². The summed E-state index contributed by atoms with van der Waals surface area (Å²) in [4.78, 5) is 18.0. The van der Waals surface area contributed by atoms with Crippen LogP contribution in [0.4, 0.5) is 13.2 Å². The van der Waals surface area contributed by atoms with Crippen LogP contribution < -0.4 is 0 Å². The number of amides is 1. The second kappa shape index (κ2) is 6.30. The Balaban J connectivity index is 1.53. The van der Waals surface area contributed by atoms with E-state index >= 15 is 0 Å². The van der Waals surface area contributed by atoms with E-state index in [1.807, 2.05) is 17.7 Å². The Bertz CT molecular complexity index is 733. The molecule has 1 aliphatic heterocycles. The predicted molar refractivity (Wildman–Crippen MR) is 82.2 cm³/mol. The highest BCUT2D eigenvalue weighted by Gasteiger charge is 2.32. The third-order valence-corrected chi connectivity index (χ3v) is 4.30. The maximum absolute atomic E-state index is 12.7. The maximum atomic E-state index is 12.7. The van der Waals surface area contributed by atoms with Gasteiger partial charge in [-0.3, -0.25) is 4.79 Å². The number of carbonyl (C=O) groups is 1. The third-order valence-electron chi connectivity index (χ3n) is 4.30. The normalized spacial score (nSPS) is 15.4. The molecule has 2 aromatic rings. The summed E-state index contributed by atoms with van der Waals surface area (Å²) in [6, 6.07) is 4.95. The van der Waals surface area contributed by atoms with E-state index in [2.05, 4.69) is 4.98 Å². The summed E-state index contributed by atoms with van der Waals surface area (Å²) in [6.45, 7) is 4.00. The maximum Gasteiger partial charge on any atom is 0.416 e. The molecule has 0 atom stereocenters. The van der Waals surface area contributed by atoms with Crippen LogP contribution in [0.25, 0.3) is 0 Å². The van der Waals surface area contributed by atoms with Crippen LogP contribution in [-0.4, -0.2) is 33.4 Å². The predicted octanol–water partition coefficient (Wildman–Crippen LogP) is 2.91. The number of hydrogen-bond donors (Lipinski definition) is 0. The Hall–Kier alpha value is -2.31. The molecule has 0 unspecified atom stereocenters. The van der Waals surface area contributed by atoms with Gasteiger partial charge in [0.2, 0.25) is 5.91 Å². The van der Waals surface area contributed by atoms with E-state index in [9.17, 15) is 18.0 Å². The van der Waals surface area contributed by atoms with Crippen molar-refractivity contribution in [2.75, 3.05) is 13.1 Å². The van der Waals surface area contributed by atoms with Crippen molar-refractivity contribution >= 4 is 5.91 Å². The van der Waals surface area contributed by atoms with E-state index in [0.29, 0.717) is 24.6 Å². The summed E-state index contributed by atoms with van der Waals surface area (Å²) in [5.74, 6) is 1.17. The number of alkyl halides is 3. The summed E-state index contributed by atoms with van der Waals surface area (Å²) >= 11 is 0. The van der Waals surface area contributed by atoms with Crippen LogP contribution in [0.2, 0.25) is 0 Å². The van der Waals surface area contributed by atoms with Crippen LogP contribution in [0.3, 0.4) is 0 Å². The Morgan fingerprint density at radius 1 is 1.33 bits per heavy atom. The quantitative estimate of drug-likeness (QED) is 0.860. The van der Waals surface area contributed by atoms with Gasteiger partial charge in [0.1, 0.15) is 5.82 Å². The summed E-state index contributed by atoms with van der Waals surface area (Å²) < 4.78 is 40.1. The number of carbonyl (C=O) groups excluding carboxylic acids is 1. The van der Waals surface area contributed by atoms with Crippen molar-refractivity contribution in [3.8, 4) is 0 Å². The average Bonchev–Trinajstić information content (AvgIpc) is 2.87. The molecular formula is C17H18F3N3O. The molecule has 4 nitrogen and oxygen atoms in total. The fourth-order valence-corrected chi connectivity index (χ4v) is 2.91. The lowest BCUT2D eigenvalue weighted by atomic mass is 9.98. The second-order valence-electron chi connectivity index (χ2n) is 6.17. The molecule has 0 spiro atoms. The molecule has 0 bridgehead atoms. The van der Waals surface area contributed by atoms with E-state index in [4.69, 9.17) is 0 Å². The molecule has 1 aromatic carbocycles. The minimum atomic E-state index is -4.39. The molecule has 1 amide bonds. The average molecular weight is 337 g/mol. The van der Waals surface area contributed by atoms with E-state index in [0.717, 1.165) is 24.5 Å². The molecule has 3 rings (SSSR count). The Kier molecular flexibility index (Phi) is 4.34. The highest BCUT2D eigenvalue weighted by molar-refractivity contribution is 5.79. The number of imidazole rings is 1. The smallest absolute Gasteiger partial charge is 0.342 e. The Morgan fingerprint density at radius 2 is 2.08 bits per heavy atom. The Morgan fingerprint density at radius 3 is 2.71 bits per heavy atom.